The van der Waals surface area contributed by atoms with Crippen molar-refractivity contribution in [3.8, 4) is 0 Å². The molecule has 0 saturated heterocycles. The fraction of sp³-hybridized carbons (Fsp3) is 0.429. The highest BCUT2D eigenvalue weighted by Gasteiger charge is 2.28. The Kier molecular flexibility index (Phi) is 6.65. The first-order chi connectivity index (χ1) is 11.4. The van der Waals surface area contributed by atoms with Crippen LogP contribution in [0.15, 0.2) is 18.2 Å². The Labute approximate surface area is 138 Å². The molecule has 0 aliphatic rings. The minimum atomic E-state index is -4.56. The molecule has 0 aromatic heterocycles. The van der Waals surface area contributed by atoms with Crippen LogP contribution in [0.5, 0.6) is 0 Å². The van der Waals surface area contributed by atoms with Crippen LogP contribution >= 0.6 is 0 Å². The van der Waals surface area contributed by atoms with Gasteiger partial charge in [0.25, 0.3) is 5.91 Å². The molecule has 0 spiro atoms. The number of nitrogens with one attached hydrogen (secondary N) is 3. The van der Waals surface area contributed by atoms with E-state index in [2.05, 4.69) is 5.32 Å². The van der Waals surface area contributed by atoms with Crippen LogP contribution in [0.2, 0.25) is 0 Å². The maximum atomic E-state index is 12.1. The van der Waals surface area contributed by atoms with Gasteiger partial charge in [0, 0.05) is 11.3 Å². The summed E-state index contributed by atoms with van der Waals surface area (Å²) in [6.07, 6.45) is -9.10. The molecule has 0 unspecified atom stereocenters. The molecule has 1 aromatic rings. The Morgan fingerprint density at radius 1 is 0.960 bits per heavy atom. The largest absolute Gasteiger partial charge is 0.405 e. The minimum absolute atomic E-state index is 0.0898. The lowest BCUT2D eigenvalue weighted by molar-refractivity contribution is -0.137. The number of alkyl halides is 6. The summed E-state index contributed by atoms with van der Waals surface area (Å²) in [6, 6.07) is 3.92. The van der Waals surface area contributed by atoms with Crippen molar-refractivity contribution in [2.24, 2.45) is 0 Å². The van der Waals surface area contributed by atoms with Gasteiger partial charge in [-0.15, -0.1) is 0 Å². The summed E-state index contributed by atoms with van der Waals surface area (Å²) in [6.45, 7) is -1.88. The van der Waals surface area contributed by atoms with Gasteiger partial charge in [0.05, 0.1) is 6.54 Å². The highest BCUT2D eigenvalue weighted by atomic mass is 19.4. The third-order valence-corrected chi connectivity index (χ3v) is 2.87. The molecule has 2 amide bonds. The minimum Gasteiger partial charge on any atom is -0.376 e. The molecular weight excluding hydrogens is 356 g/mol. The number of carbonyl (C=O) groups is 2. The number of hydrogen-bond acceptors (Lipinski definition) is 3. The molecule has 3 N–H and O–H groups in total. The predicted octanol–water partition coefficient (Wildman–Crippen LogP) is 2.38. The van der Waals surface area contributed by atoms with Crippen molar-refractivity contribution in [2.45, 2.75) is 19.3 Å². The van der Waals surface area contributed by atoms with E-state index in [1.165, 1.54) is 18.2 Å². The van der Waals surface area contributed by atoms with E-state index in [1.54, 1.807) is 17.6 Å². The van der Waals surface area contributed by atoms with E-state index in [-0.39, 0.29) is 11.3 Å². The average molecular weight is 371 g/mol. The first kappa shape index (κ1) is 20.6. The van der Waals surface area contributed by atoms with Crippen LogP contribution in [0.4, 0.5) is 32.0 Å². The maximum Gasteiger partial charge on any atom is 0.405 e. The van der Waals surface area contributed by atoms with Crippen molar-refractivity contribution < 1.29 is 35.9 Å². The average Bonchev–Trinajstić information content (AvgIpc) is 2.48. The van der Waals surface area contributed by atoms with Gasteiger partial charge in [0.2, 0.25) is 5.91 Å². The standard InChI is InChI=1S/C14H15F6N3O2/c1-8-2-3-9(12(25)23-7-14(18,19)20)4-10(8)21-5-11(24)22-6-13(15,16)17/h2-4,21H,5-7H2,1H3,(H,22,24)(H,23,25). The lowest BCUT2D eigenvalue weighted by Gasteiger charge is -2.13. The lowest BCUT2D eigenvalue weighted by Crippen LogP contribution is -2.37. The number of carbonyl (C=O) groups excluding carboxylic acids is 2. The van der Waals surface area contributed by atoms with Crippen LogP contribution in [0.3, 0.4) is 0 Å². The van der Waals surface area contributed by atoms with Crippen LogP contribution in [0.25, 0.3) is 0 Å². The number of hydrogen-bond donors (Lipinski definition) is 3. The summed E-state index contributed by atoms with van der Waals surface area (Å²) in [7, 11) is 0. The van der Waals surface area contributed by atoms with E-state index in [0.29, 0.717) is 5.56 Å². The van der Waals surface area contributed by atoms with E-state index in [0.717, 1.165) is 0 Å². The van der Waals surface area contributed by atoms with Crippen molar-refractivity contribution in [1.82, 2.24) is 10.6 Å². The van der Waals surface area contributed by atoms with Gasteiger partial charge in [-0.1, -0.05) is 6.07 Å². The highest BCUT2D eigenvalue weighted by Crippen LogP contribution is 2.18. The number of anilines is 1. The molecule has 0 saturated carbocycles. The van der Waals surface area contributed by atoms with E-state index < -0.39 is 43.8 Å². The molecule has 25 heavy (non-hydrogen) atoms. The summed E-state index contributed by atoms with van der Waals surface area (Å²) in [5.74, 6) is -1.90. The molecule has 0 bridgehead atoms. The van der Waals surface area contributed by atoms with E-state index in [9.17, 15) is 35.9 Å². The number of rotatable bonds is 6. The van der Waals surface area contributed by atoms with Crippen molar-refractivity contribution >= 4 is 17.5 Å². The molecular formula is C14H15F6N3O2. The zero-order valence-electron chi connectivity index (χ0n) is 12.9. The van der Waals surface area contributed by atoms with Gasteiger partial charge in [0.15, 0.2) is 0 Å². The van der Waals surface area contributed by atoms with Crippen molar-refractivity contribution in [3.05, 3.63) is 29.3 Å². The van der Waals surface area contributed by atoms with Gasteiger partial charge < -0.3 is 16.0 Å². The zero-order valence-corrected chi connectivity index (χ0v) is 12.9. The third kappa shape index (κ3) is 8.27. The molecule has 0 aliphatic heterocycles. The second-order valence-electron chi connectivity index (χ2n) is 5.07. The maximum absolute atomic E-state index is 12.1. The van der Waals surface area contributed by atoms with Gasteiger partial charge in [-0.3, -0.25) is 9.59 Å². The number of benzene rings is 1. The first-order valence-electron chi connectivity index (χ1n) is 6.90. The molecule has 0 fully saturated rings. The van der Waals surface area contributed by atoms with Crippen molar-refractivity contribution in [3.63, 3.8) is 0 Å². The Morgan fingerprint density at radius 3 is 2.08 bits per heavy atom. The molecule has 0 radical (unpaired) electrons. The normalized spacial score (nSPS) is 11.8. The van der Waals surface area contributed by atoms with Crippen LogP contribution in [0.1, 0.15) is 15.9 Å². The molecule has 140 valence electrons. The SMILES string of the molecule is Cc1ccc(C(=O)NCC(F)(F)F)cc1NCC(=O)NCC(F)(F)F. The summed E-state index contributed by atoms with van der Waals surface area (Å²) in [5.41, 5.74) is 0.700. The van der Waals surface area contributed by atoms with Crippen molar-refractivity contribution in [2.75, 3.05) is 25.0 Å². The Bertz CT molecular complexity index is 628. The Morgan fingerprint density at radius 2 is 1.52 bits per heavy atom. The quantitative estimate of drug-likeness (QED) is 0.673. The molecule has 11 heteroatoms. The second-order valence-corrected chi connectivity index (χ2v) is 5.07. The van der Waals surface area contributed by atoms with Crippen LogP contribution in [0, 0.1) is 6.92 Å². The first-order valence-corrected chi connectivity index (χ1v) is 6.90. The highest BCUT2D eigenvalue weighted by molar-refractivity contribution is 5.95. The van der Waals surface area contributed by atoms with Gasteiger partial charge in [0.1, 0.15) is 13.1 Å². The van der Waals surface area contributed by atoms with Gasteiger partial charge in [-0.2, -0.15) is 26.3 Å². The predicted molar refractivity (Wildman–Crippen MR) is 77.1 cm³/mol. The number of halogens is 6. The van der Waals surface area contributed by atoms with E-state index in [1.807, 2.05) is 0 Å². The monoisotopic (exact) mass is 371 g/mol. The third-order valence-electron chi connectivity index (χ3n) is 2.87. The van der Waals surface area contributed by atoms with E-state index >= 15 is 0 Å². The molecule has 1 rings (SSSR count). The summed E-state index contributed by atoms with van der Waals surface area (Å²) >= 11 is 0. The second kappa shape index (κ2) is 8.08. The fourth-order valence-corrected chi connectivity index (χ4v) is 1.67. The molecule has 0 heterocycles. The fourth-order valence-electron chi connectivity index (χ4n) is 1.67. The van der Waals surface area contributed by atoms with Gasteiger partial charge in [-0.25, -0.2) is 0 Å². The Balaban J connectivity index is 2.66. The summed E-state index contributed by atoms with van der Waals surface area (Å²) in [4.78, 5) is 23.0. The molecule has 5 nitrogen and oxygen atoms in total. The lowest BCUT2D eigenvalue weighted by atomic mass is 10.1. The molecule has 0 atom stereocenters. The van der Waals surface area contributed by atoms with Gasteiger partial charge in [-0.05, 0) is 24.6 Å². The number of aryl methyl sites for hydroxylation is 1. The molecule has 0 aliphatic carbocycles. The van der Waals surface area contributed by atoms with E-state index in [4.69, 9.17) is 0 Å². The molecule has 1 aromatic carbocycles. The topological polar surface area (TPSA) is 70.2 Å². The van der Waals surface area contributed by atoms with Crippen LogP contribution in [-0.2, 0) is 4.79 Å². The number of amides is 2. The summed E-state index contributed by atoms with van der Waals surface area (Å²) < 4.78 is 72.2. The van der Waals surface area contributed by atoms with Crippen molar-refractivity contribution in [1.29, 1.82) is 0 Å². The van der Waals surface area contributed by atoms with Crippen LogP contribution < -0.4 is 16.0 Å². The summed E-state index contributed by atoms with van der Waals surface area (Å²) in [5, 5.41) is 5.88. The van der Waals surface area contributed by atoms with Gasteiger partial charge >= 0.3 is 12.4 Å². The Hall–Kier alpha value is -2.46. The smallest absolute Gasteiger partial charge is 0.376 e. The zero-order chi connectivity index (χ0) is 19.3. The van der Waals surface area contributed by atoms with Crippen LogP contribution in [-0.4, -0.2) is 43.8 Å².